The van der Waals surface area contributed by atoms with Gasteiger partial charge in [-0.2, -0.15) is 0 Å². The van der Waals surface area contributed by atoms with E-state index in [4.69, 9.17) is 14.2 Å². The van der Waals surface area contributed by atoms with Gasteiger partial charge in [-0.1, -0.05) is 19.1 Å². The highest BCUT2D eigenvalue weighted by atomic mass is 16.5. The van der Waals surface area contributed by atoms with E-state index in [1.165, 1.54) is 6.08 Å². The number of nitrogens with zero attached hydrogens (tertiary/aromatic N) is 1. The molecular formula is C20H24N2O4. The van der Waals surface area contributed by atoms with E-state index in [1.807, 2.05) is 24.3 Å². The van der Waals surface area contributed by atoms with Crippen LogP contribution < -0.4 is 14.8 Å². The van der Waals surface area contributed by atoms with Crippen molar-refractivity contribution in [1.82, 2.24) is 4.98 Å². The predicted molar refractivity (Wildman–Crippen MR) is 101 cm³/mol. The number of carbonyl (C=O) groups is 1. The van der Waals surface area contributed by atoms with Gasteiger partial charge in [-0.3, -0.25) is 4.79 Å². The normalized spacial score (nSPS) is 10.7. The van der Waals surface area contributed by atoms with Gasteiger partial charge in [-0.15, -0.1) is 0 Å². The molecule has 1 heterocycles. The van der Waals surface area contributed by atoms with Crippen LogP contribution in [0.25, 0.3) is 6.08 Å². The number of amides is 1. The highest BCUT2D eigenvalue weighted by Crippen LogP contribution is 2.20. The summed E-state index contributed by atoms with van der Waals surface area (Å²) in [5, 5.41) is 2.77. The Morgan fingerprint density at radius 2 is 1.92 bits per heavy atom. The molecule has 1 N–H and O–H groups in total. The molecule has 138 valence electrons. The molecule has 1 amide bonds. The maximum Gasteiger partial charge on any atom is 0.248 e. The summed E-state index contributed by atoms with van der Waals surface area (Å²) in [6.07, 6.45) is 5.78. The fraction of sp³-hybridized carbons (Fsp3) is 0.300. The fourth-order valence-electron chi connectivity index (χ4n) is 2.06. The zero-order valence-corrected chi connectivity index (χ0v) is 15.1. The largest absolute Gasteiger partial charge is 0.494 e. The van der Waals surface area contributed by atoms with Crippen LogP contribution in [0.2, 0.25) is 0 Å². The molecule has 0 fully saturated rings. The maximum absolute atomic E-state index is 12.1. The minimum Gasteiger partial charge on any atom is -0.494 e. The molecule has 2 aromatic rings. The quantitative estimate of drug-likeness (QED) is 0.521. The molecule has 6 nitrogen and oxygen atoms in total. The van der Waals surface area contributed by atoms with Gasteiger partial charge in [0.2, 0.25) is 11.8 Å². The van der Waals surface area contributed by atoms with Gasteiger partial charge in [0.05, 0.1) is 13.2 Å². The van der Waals surface area contributed by atoms with E-state index in [9.17, 15) is 4.79 Å². The van der Waals surface area contributed by atoms with Gasteiger partial charge in [0, 0.05) is 19.4 Å². The molecule has 0 saturated heterocycles. The van der Waals surface area contributed by atoms with Gasteiger partial charge in [0.25, 0.3) is 0 Å². The number of aromatic nitrogens is 1. The number of methoxy groups -OCH3 is 1. The van der Waals surface area contributed by atoms with Crippen LogP contribution in [-0.4, -0.2) is 37.8 Å². The number of ether oxygens (including phenoxy) is 3. The van der Waals surface area contributed by atoms with Crippen LogP contribution >= 0.6 is 0 Å². The lowest BCUT2D eigenvalue weighted by Crippen LogP contribution is -2.12. The van der Waals surface area contributed by atoms with Crippen LogP contribution in [-0.2, 0) is 9.53 Å². The number of hydrogen-bond donors (Lipinski definition) is 1. The first-order chi connectivity index (χ1) is 12.7. The number of pyridine rings is 1. The number of hydrogen-bond acceptors (Lipinski definition) is 5. The molecule has 0 spiro atoms. The molecule has 0 atom stereocenters. The highest BCUT2D eigenvalue weighted by Gasteiger charge is 2.07. The minimum absolute atomic E-state index is 0.263. The third-order valence-corrected chi connectivity index (χ3v) is 3.34. The van der Waals surface area contributed by atoms with Crippen LogP contribution in [0.5, 0.6) is 11.6 Å². The van der Waals surface area contributed by atoms with Crippen molar-refractivity contribution in [2.75, 3.05) is 32.2 Å². The van der Waals surface area contributed by atoms with Gasteiger partial charge >= 0.3 is 0 Å². The number of carbonyl (C=O) groups excluding carboxylic acids is 1. The zero-order chi connectivity index (χ0) is 18.6. The molecule has 0 radical (unpaired) electrons. The Morgan fingerprint density at radius 3 is 2.65 bits per heavy atom. The van der Waals surface area contributed by atoms with E-state index < -0.39 is 0 Å². The minimum atomic E-state index is -0.263. The summed E-state index contributed by atoms with van der Waals surface area (Å²) in [4.78, 5) is 16.3. The summed E-state index contributed by atoms with van der Waals surface area (Å²) in [6.45, 7) is 3.56. The lowest BCUT2D eigenvalue weighted by molar-refractivity contribution is -0.111. The SMILES string of the molecule is CCCOc1ccc(/C=C/C(=O)Nc2cccnc2OCCOC)cc1. The average Bonchev–Trinajstić information content (AvgIpc) is 2.67. The van der Waals surface area contributed by atoms with Crippen molar-refractivity contribution in [3.63, 3.8) is 0 Å². The van der Waals surface area contributed by atoms with Crippen molar-refractivity contribution in [1.29, 1.82) is 0 Å². The molecule has 0 aliphatic rings. The fourth-order valence-corrected chi connectivity index (χ4v) is 2.06. The van der Waals surface area contributed by atoms with Crippen LogP contribution in [0, 0.1) is 0 Å². The van der Waals surface area contributed by atoms with Crippen molar-refractivity contribution in [2.24, 2.45) is 0 Å². The maximum atomic E-state index is 12.1. The van der Waals surface area contributed by atoms with E-state index in [-0.39, 0.29) is 5.91 Å². The van der Waals surface area contributed by atoms with Gasteiger partial charge in [-0.25, -0.2) is 4.98 Å². The van der Waals surface area contributed by atoms with E-state index in [1.54, 1.807) is 31.5 Å². The van der Waals surface area contributed by atoms with Crippen LogP contribution in [0.4, 0.5) is 5.69 Å². The molecule has 0 aliphatic heterocycles. The number of anilines is 1. The highest BCUT2D eigenvalue weighted by molar-refractivity contribution is 6.02. The molecule has 0 bridgehead atoms. The summed E-state index contributed by atoms with van der Waals surface area (Å²) in [5.74, 6) is 0.922. The second kappa shape index (κ2) is 10.9. The molecule has 0 aliphatic carbocycles. The Hall–Kier alpha value is -2.86. The molecule has 1 aromatic heterocycles. The molecule has 6 heteroatoms. The third kappa shape index (κ3) is 6.57. The second-order valence-corrected chi connectivity index (χ2v) is 5.44. The summed E-state index contributed by atoms with van der Waals surface area (Å²) in [5.41, 5.74) is 1.42. The third-order valence-electron chi connectivity index (χ3n) is 3.34. The first-order valence-corrected chi connectivity index (χ1v) is 8.51. The molecule has 2 rings (SSSR count). The van der Waals surface area contributed by atoms with Crippen molar-refractivity contribution in [2.45, 2.75) is 13.3 Å². The standard InChI is InChI=1S/C20H24N2O4/c1-3-13-25-17-9-6-16(7-10-17)8-11-19(23)22-18-5-4-12-21-20(18)26-15-14-24-2/h4-12H,3,13-15H2,1-2H3,(H,22,23)/b11-8+. The smallest absolute Gasteiger partial charge is 0.248 e. The summed E-state index contributed by atoms with van der Waals surface area (Å²) in [6, 6.07) is 11.0. The van der Waals surface area contributed by atoms with Crippen molar-refractivity contribution in [3.05, 3.63) is 54.2 Å². The summed E-state index contributed by atoms with van der Waals surface area (Å²) >= 11 is 0. The van der Waals surface area contributed by atoms with Gasteiger partial charge in [0.15, 0.2) is 0 Å². The van der Waals surface area contributed by atoms with E-state index >= 15 is 0 Å². The summed E-state index contributed by atoms with van der Waals surface area (Å²) < 4.78 is 16.0. The van der Waals surface area contributed by atoms with Gasteiger partial charge in [0.1, 0.15) is 18.0 Å². The first kappa shape index (κ1) is 19.5. The predicted octanol–water partition coefficient (Wildman–Crippen LogP) is 3.55. The van der Waals surface area contributed by atoms with Gasteiger partial charge < -0.3 is 19.5 Å². The van der Waals surface area contributed by atoms with Crippen molar-refractivity contribution in [3.8, 4) is 11.6 Å². The van der Waals surface area contributed by atoms with E-state index in [2.05, 4.69) is 17.2 Å². The monoisotopic (exact) mass is 356 g/mol. The molecule has 0 unspecified atom stereocenters. The topological polar surface area (TPSA) is 69.7 Å². The Kier molecular flexibility index (Phi) is 8.15. The summed E-state index contributed by atoms with van der Waals surface area (Å²) in [7, 11) is 1.59. The van der Waals surface area contributed by atoms with Gasteiger partial charge in [-0.05, 0) is 42.3 Å². The molecular weight excluding hydrogens is 332 g/mol. The van der Waals surface area contributed by atoms with Crippen molar-refractivity contribution < 1.29 is 19.0 Å². The van der Waals surface area contributed by atoms with Crippen LogP contribution in [0.1, 0.15) is 18.9 Å². The lowest BCUT2D eigenvalue weighted by atomic mass is 10.2. The van der Waals surface area contributed by atoms with Crippen molar-refractivity contribution >= 4 is 17.7 Å². The van der Waals surface area contributed by atoms with E-state index in [0.29, 0.717) is 31.4 Å². The second-order valence-electron chi connectivity index (χ2n) is 5.44. The molecule has 1 aromatic carbocycles. The number of rotatable bonds is 10. The Balaban J connectivity index is 1.92. The van der Waals surface area contributed by atoms with E-state index in [0.717, 1.165) is 17.7 Å². The molecule has 0 saturated carbocycles. The number of benzene rings is 1. The van der Waals surface area contributed by atoms with Crippen LogP contribution in [0.15, 0.2) is 48.7 Å². The Bertz CT molecular complexity index is 714. The van der Waals surface area contributed by atoms with Crippen LogP contribution in [0.3, 0.4) is 0 Å². The Morgan fingerprint density at radius 1 is 1.12 bits per heavy atom. The zero-order valence-electron chi connectivity index (χ0n) is 15.1. The average molecular weight is 356 g/mol. The molecule has 26 heavy (non-hydrogen) atoms. The Labute approximate surface area is 153 Å². The first-order valence-electron chi connectivity index (χ1n) is 8.51. The lowest BCUT2D eigenvalue weighted by Gasteiger charge is -2.09. The number of nitrogens with one attached hydrogen (secondary N) is 1.